The third-order valence-corrected chi connectivity index (χ3v) is 2.59. The number of hydrogen-bond acceptors (Lipinski definition) is 2. The molecule has 0 bridgehead atoms. The Morgan fingerprint density at radius 2 is 2.27 bits per heavy atom. The number of nitriles is 1. The van der Waals surface area contributed by atoms with Gasteiger partial charge in [-0.2, -0.15) is 5.26 Å². The van der Waals surface area contributed by atoms with Crippen LogP contribution in [0.2, 0.25) is 0 Å². The molecule has 5 heteroatoms. The summed E-state index contributed by atoms with van der Waals surface area (Å²) < 4.78 is 0.829. The van der Waals surface area contributed by atoms with E-state index in [1.807, 2.05) is 6.07 Å². The smallest absolute Gasteiger partial charge is 0.225 e. The van der Waals surface area contributed by atoms with Crippen LogP contribution in [0.4, 0.5) is 5.69 Å². The fourth-order valence-electron chi connectivity index (χ4n) is 1.02. The van der Waals surface area contributed by atoms with Crippen molar-refractivity contribution in [1.82, 2.24) is 0 Å². The molecule has 0 saturated heterocycles. The van der Waals surface area contributed by atoms with E-state index in [-0.39, 0.29) is 5.91 Å². The van der Waals surface area contributed by atoms with Crippen molar-refractivity contribution in [3.63, 3.8) is 0 Å². The number of amides is 1. The second-order valence-corrected chi connectivity index (χ2v) is 4.50. The molecule has 0 aliphatic heterocycles. The van der Waals surface area contributed by atoms with Gasteiger partial charge in [-0.25, -0.2) is 0 Å². The van der Waals surface area contributed by atoms with E-state index in [1.165, 1.54) is 0 Å². The van der Waals surface area contributed by atoms with Crippen LogP contribution < -0.4 is 5.32 Å². The summed E-state index contributed by atoms with van der Waals surface area (Å²) >= 11 is 6.46. The van der Waals surface area contributed by atoms with Crippen molar-refractivity contribution in [2.24, 2.45) is 0 Å². The summed E-state index contributed by atoms with van der Waals surface area (Å²) in [5.41, 5.74) is 0.999. The highest BCUT2D eigenvalue weighted by Gasteiger charge is 2.06. The lowest BCUT2D eigenvalue weighted by atomic mass is 10.2. The number of carbonyl (C=O) groups is 1. The first-order chi connectivity index (χ1) is 7.17. The predicted molar refractivity (Wildman–Crippen MR) is 65.9 cm³/mol. The van der Waals surface area contributed by atoms with Gasteiger partial charge in [0.25, 0.3) is 0 Å². The van der Waals surface area contributed by atoms with Crippen LogP contribution in [0.25, 0.3) is 0 Å². The molecular formula is C10H8Br2N2O. The highest BCUT2D eigenvalue weighted by atomic mass is 79.9. The van der Waals surface area contributed by atoms with Crippen LogP contribution >= 0.6 is 31.9 Å². The van der Waals surface area contributed by atoms with Crippen LogP contribution in [0, 0.1) is 11.3 Å². The van der Waals surface area contributed by atoms with Gasteiger partial charge in [-0.15, -0.1) is 0 Å². The van der Waals surface area contributed by atoms with Gasteiger partial charge in [-0.05, 0) is 18.2 Å². The largest absolute Gasteiger partial charge is 0.325 e. The molecule has 1 N–H and O–H groups in total. The van der Waals surface area contributed by atoms with E-state index >= 15 is 0 Å². The van der Waals surface area contributed by atoms with Gasteiger partial charge in [0.2, 0.25) is 5.91 Å². The number of rotatable bonds is 3. The number of anilines is 1. The Labute approximate surface area is 105 Å². The SMILES string of the molecule is N#Cc1ccc(Br)cc1NC(=O)CCBr. The number of halogens is 2. The maximum atomic E-state index is 11.3. The summed E-state index contributed by atoms with van der Waals surface area (Å²) in [6, 6.07) is 7.16. The van der Waals surface area contributed by atoms with Gasteiger partial charge in [-0.3, -0.25) is 4.79 Å². The number of nitrogens with one attached hydrogen (secondary N) is 1. The number of carbonyl (C=O) groups excluding carboxylic acids is 1. The van der Waals surface area contributed by atoms with Gasteiger partial charge in [-0.1, -0.05) is 31.9 Å². The molecule has 15 heavy (non-hydrogen) atoms. The van der Waals surface area contributed by atoms with Crippen molar-refractivity contribution in [3.8, 4) is 6.07 Å². The fourth-order valence-corrected chi connectivity index (χ4v) is 1.74. The van der Waals surface area contributed by atoms with Crippen molar-refractivity contribution >= 4 is 43.5 Å². The van der Waals surface area contributed by atoms with E-state index in [1.54, 1.807) is 18.2 Å². The zero-order chi connectivity index (χ0) is 11.3. The minimum atomic E-state index is -0.110. The van der Waals surface area contributed by atoms with Crippen molar-refractivity contribution in [1.29, 1.82) is 5.26 Å². The molecule has 0 unspecified atom stereocenters. The van der Waals surface area contributed by atoms with Crippen molar-refractivity contribution in [2.75, 3.05) is 10.6 Å². The van der Waals surface area contributed by atoms with Crippen molar-refractivity contribution < 1.29 is 4.79 Å². The molecule has 0 saturated carbocycles. The zero-order valence-corrected chi connectivity index (χ0v) is 10.9. The van der Waals surface area contributed by atoms with Gasteiger partial charge in [0.05, 0.1) is 11.3 Å². The van der Waals surface area contributed by atoms with Gasteiger partial charge in [0.15, 0.2) is 0 Å². The second kappa shape index (κ2) is 5.89. The maximum absolute atomic E-state index is 11.3. The molecule has 0 spiro atoms. The standard InChI is InChI=1S/C10H8Br2N2O/c11-4-3-10(15)14-9-5-8(12)2-1-7(9)6-13/h1-2,5H,3-4H2,(H,14,15). The minimum absolute atomic E-state index is 0.110. The Balaban J connectivity index is 2.88. The third-order valence-electron chi connectivity index (χ3n) is 1.70. The highest BCUT2D eigenvalue weighted by Crippen LogP contribution is 2.20. The highest BCUT2D eigenvalue weighted by molar-refractivity contribution is 9.10. The minimum Gasteiger partial charge on any atom is -0.325 e. The molecule has 0 radical (unpaired) electrons. The molecule has 0 heterocycles. The molecule has 1 rings (SSSR count). The number of alkyl halides is 1. The Kier molecular flexibility index (Phi) is 4.79. The second-order valence-electron chi connectivity index (χ2n) is 2.79. The Morgan fingerprint density at radius 3 is 2.87 bits per heavy atom. The first-order valence-corrected chi connectivity index (χ1v) is 6.14. The Hall–Kier alpha value is -0.860. The summed E-state index contributed by atoms with van der Waals surface area (Å²) in [6.07, 6.45) is 0.386. The molecule has 0 aliphatic carbocycles. The van der Waals surface area contributed by atoms with Gasteiger partial charge in [0, 0.05) is 16.2 Å². The lowest BCUT2D eigenvalue weighted by Crippen LogP contribution is -2.12. The van der Waals surface area contributed by atoms with E-state index in [2.05, 4.69) is 37.2 Å². The van der Waals surface area contributed by atoms with Crippen LogP contribution in [0.15, 0.2) is 22.7 Å². The summed E-state index contributed by atoms with van der Waals surface area (Å²) in [5, 5.41) is 12.1. The summed E-state index contributed by atoms with van der Waals surface area (Å²) in [7, 11) is 0. The van der Waals surface area contributed by atoms with Crippen LogP contribution in [0.5, 0.6) is 0 Å². The number of nitrogens with zero attached hydrogens (tertiary/aromatic N) is 1. The molecule has 3 nitrogen and oxygen atoms in total. The molecule has 0 atom stereocenters. The molecule has 0 fully saturated rings. The average molecular weight is 332 g/mol. The molecule has 1 aromatic rings. The van der Waals surface area contributed by atoms with E-state index in [0.717, 1.165) is 4.47 Å². The Bertz CT molecular complexity index is 412. The van der Waals surface area contributed by atoms with Crippen LogP contribution in [-0.4, -0.2) is 11.2 Å². The molecule has 1 aromatic carbocycles. The first-order valence-electron chi connectivity index (χ1n) is 4.23. The van der Waals surface area contributed by atoms with E-state index < -0.39 is 0 Å². The van der Waals surface area contributed by atoms with Crippen LogP contribution in [0.3, 0.4) is 0 Å². The summed E-state index contributed by atoms with van der Waals surface area (Å²) in [5.74, 6) is -0.110. The maximum Gasteiger partial charge on any atom is 0.225 e. The van der Waals surface area contributed by atoms with Crippen molar-refractivity contribution in [3.05, 3.63) is 28.2 Å². The summed E-state index contributed by atoms with van der Waals surface area (Å²) in [6.45, 7) is 0. The van der Waals surface area contributed by atoms with Crippen LogP contribution in [-0.2, 0) is 4.79 Å². The normalized spacial score (nSPS) is 9.40. The topological polar surface area (TPSA) is 52.9 Å². The van der Waals surface area contributed by atoms with Crippen LogP contribution in [0.1, 0.15) is 12.0 Å². The number of benzene rings is 1. The van der Waals surface area contributed by atoms with Crippen molar-refractivity contribution in [2.45, 2.75) is 6.42 Å². The van der Waals surface area contributed by atoms with Gasteiger partial charge >= 0.3 is 0 Å². The zero-order valence-electron chi connectivity index (χ0n) is 7.76. The van der Waals surface area contributed by atoms with E-state index in [0.29, 0.717) is 23.0 Å². The molecule has 1 amide bonds. The number of hydrogen-bond donors (Lipinski definition) is 1. The third kappa shape index (κ3) is 3.65. The predicted octanol–water partition coefficient (Wildman–Crippen LogP) is 3.04. The lowest BCUT2D eigenvalue weighted by Gasteiger charge is -2.06. The van der Waals surface area contributed by atoms with Gasteiger partial charge < -0.3 is 5.32 Å². The molecule has 0 aromatic heterocycles. The Morgan fingerprint density at radius 1 is 1.53 bits per heavy atom. The average Bonchev–Trinajstić information content (AvgIpc) is 2.18. The van der Waals surface area contributed by atoms with E-state index in [9.17, 15) is 4.79 Å². The molecule has 78 valence electrons. The van der Waals surface area contributed by atoms with E-state index in [4.69, 9.17) is 5.26 Å². The lowest BCUT2D eigenvalue weighted by molar-refractivity contribution is -0.115. The molecule has 0 aliphatic rings. The molecular weight excluding hydrogens is 324 g/mol. The van der Waals surface area contributed by atoms with Gasteiger partial charge in [0.1, 0.15) is 6.07 Å². The monoisotopic (exact) mass is 330 g/mol. The first kappa shape index (κ1) is 12.2. The fraction of sp³-hybridized carbons (Fsp3) is 0.200. The quantitative estimate of drug-likeness (QED) is 0.865. The summed E-state index contributed by atoms with van der Waals surface area (Å²) in [4.78, 5) is 11.3.